The molecule has 8 aromatic rings. The van der Waals surface area contributed by atoms with Crippen LogP contribution in [-0.4, -0.2) is 10.3 Å². The molecule has 1 aliphatic heterocycles. The van der Waals surface area contributed by atoms with Crippen molar-refractivity contribution in [3.05, 3.63) is 151 Å². The maximum atomic E-state index is 5.47. The number of aliphatic imine (C=N–C) groups is 1. The van der Waals surface area contributed by atoms with Crippen LogP contribution in [0.1, 0.15) is 17.4 Å². The van der Waals surface area contributed by atoms with E-state index in [0.29, 0.717) is 0 Å². The summed E-state index contributed by atoms with van der Waals surface area (Å²) in [5, 5.41) is 8.91. The van der Waals surface area contributed by atoms with Crippen molar-refractivity contribution >= 4 is 64.7 Å². The highest BCUT2D eigenvalue weighted by Gasteiger charge is 2.26. The fourth-order valence-corrected chi connectivity index (χ4v) is 7.75. The van der Waals surface area contributed by atoms with E-state index < -0.39 is 0 Å². The third kappa shape index (κ3) is 3.49. The summed E-state index contributed by atoms with van der Waals surface area (Å²) in [6.45, 7) is 0. The predicted molar refractivity (Wildman–Crippen MR) is 179 cm³/mol. The van der Waals surface area contributed by atoms with Crippen molar-refractivity contribution in [3.8, 4) is 11.1 Å². The van der Waals surface area contributed by atoms with Gasteiger partial charge in [-0.15, -0.1) is 11.3 Å². The molecule has 3 heterocycles. The van der Waals surface area contributed by atoms with E-state index in [4.69, 9.17) is 4.99 Å². The van der Waals surface area contributed by atoms with E-state index in [9.17, 15) is 0 Å². The minimum Gasteiger partial charge on any atom is -0.346 e. The van der Waals surface area contributed by atoms with E-state index >= 15 is 0 Å². The number of nitrogens with zero attached hydrogens (tertiary/aromatic N) is 2. The van der Waals surface area contributed by atoms with Crippen molar-refractivity contribution in [2.24, 2.45) is 4.99 Å². The van der Waals surface area contributed by atoms with Crippen molar-refractivity contribution in [1.82, 2.24) is 4.57 Å². The van der Waals surface area contributed by atoms with Crippen molar-refractivity contribution < 1.29 is 0 Å². The van der Waals surface area contributed by atoms with Crippen LogP contribution in [0.25, 0.3) is 53.1 Å². The Bertz CT molecular complexity index is 2320. The summed E-state index contributed by atoms with van der Waals surface area (Å²) in [5.74, 6) is 0. The van der Waals surface area contributed by atoms with Crippen LogP contribution in [0.3, 0.4) is 0 Å². The Morgan fingerprint density at radius 1 is 0.548 bits per heavy atom. The first-order valence-electron chi connectivity index (χ1n) is 14.3. The molecule has 0 spiro atoms. The van der Waals surface area contributed by atoms with E-state index in [1.807, 2.05) is 11.3 Å². The van der Waals surface area contributed by atoms with Gasteiger partial charge in [0.15, 0.2) is 0 Å². The minimum atomic E-state index is -0.304. The highest BCUT2D eigenvalue weighted by molar-refractivity contribution is 7.26. The molecule has 0 amide bonds. The zero-order valence-electron chi connectivity index (χ0n) is 22.7. The first kappa shape index (κ1) is 23.5. The normalized spacial score (nSPS) is 14.8. The lowest BCUT2D eigenvalue weighted by Crippen LogP contribution is -2.24. The lowest BCUT2D eigenvalue weighted by Gasteiger charge is -2.28. The molecule has 6 aromatic carbocycles. The fraction of sp³-hybridized carbons (Fsp3) is 0.0263. The van der Waals surface area contributed by atoms with Crippen LogP contribution in [0, 0.1) is 0 Å². The molecule has 1 atom stereocenters. The Kier molecular flexibility index (Phi) is 5.13. The van der Waals surface area contributed by atoms with Crippen LogP contribution in [-0.2, 0) is 0 Å². The minimum absolute atomic E-state index is 0.304. The molecule has 198 valence electrons. The van der Waals surface area contributed by atoms with Gasteiger partial charge in [0.05, 0.1) is 21.4 Å². The number of thiophene rings is 1. The van der Waals surface area contributed by atoms with Crippen LogP contribution < -0.4 is 5.32 Å². The number of hydrogen-bond acceptors (Lipinski definition) is 3. The third-order valence-electron chi connectivity index (χ3n) is 8.44. The summed E-state index contributed by atoms with van der Waals surface area (Å²) in [4.78, 5) is 5.47. The summed E-state index contributed by atoms with van der Waals surface area (Å²) in [5.41, 5.74) is 9.15. The maximum absolute atomic E-state index is 5.47. The third-order valence-corrected chi connectivity index (χ3v) is 9.64. The smallest absolute Gasteiger partial charge is 0.201 e. The predicted octanol–water partition coefficient (Wildman–Crippen LogP) is 10.2. The number of fused-ring (bicyclic) bond motifs is 8. The second-order valence-corrected chi connectivity index (χ2v) is 11.9. The van der Waals surface area contributed by atoms with Gasteiger partial charge in [-0.3, -0.25) is 4.57 Å². The maximum Gasteiger partial charge on any atom is 0.201 e. The van der Waals surface area contributed by atoms with Crippen LogP contribution in [0.2, 0.25) is 0 Å². The Labute approximate surface area is 247 Å². The van der Waals surface area contributed by atoms with Gasteiger partial charge < -0.3 is 5.32 Å². The van der Waals surface area contributed by atoms with Crippen LogP contribution in [0.15, 0.2) is 145 Å². The van der Waals surface area contributed by atoms with Crippen LogP contribution in [0.4, 0.5) is 5.69 Å². The van der Waals surface area contributed by atoms with Gasteiger partial charge in [-0.25, -0.2) is 4.99 Å². The fourth-order valence-electron chi connectivity index (χ4n) is 6.50. The van der Waals surface area contributed by atoms with Crippen molar-refractivity contribution in [3.63, 3.8) is 0 Å². The van der Waals surface area contributed by atoms with Crippen molar-refractivity contribution in [2.45, 2.75) is 6.29 Å². The van der Waals surface area contributed by atoms with Gasteiger partial charge in [-0.2, -0.15) is 0 Å². The number of benzene rings is 6. The number of rotatable bonds is 3. The Hall–Kier alpha value is -5.19. The van der Waals surface area contributed by atoms with Gasteiger partial charge in [-0.05, 0) is 29.3 Å². The van der Waals surface area contributed by atoms with Gasteiger partial charge in [-0.1, -0.05) is 121 Å². The van der Waals surface area contributed by atoms with Gasteiger partial charge in [0.1, 0.15) is 0 Å². The van der Waals surface area contributed by atoms with E-state index in [0.717, 1.165) is 22.5 Å². The largest absolute Gasteiger partial charge is 0.346 e. The highest BCUT2D eigenvalue weighted by Crippen LogP contribution is 2.44. The summed E-state index contributed by atoms with van der Waals surface area (Å²) in [7, 11) is 0. The second-order valence-electron chi connectivity index (χ2n) is 10.8. The van der Waals surface area contributed by atoms with Gasteiger partial charge >= 0.3 is 0 Å². The molecular weight excluding hydrogens is 531 g/mol. The number of para-hydroxylation sites is 2. The number of anilines is 1. The lowest BCUT2D eigenvalue weighted by atomic mass is 9.96. The molecule has 0 radical (unpaired) electrons. The molecular formula is C38H25N3S. The molecule has 0 saturated heterocycles. The molecule has 1 N–H and O–H groups in total. The molecule has 0 bridgehead atoms. The number of hydrogen-bond donors (Lipinski definition) is 1. The quantitative estimate of drug-likeness (QED) is 0.231. The molecule has 0 fully saturated rings. The molecule has 2 aromatic heterocycles. The average molecular weight is 556 g/mol. The molecule has 0 aliphatic carbocycles. The molecule has 9 rings (SSSR count). The number of nitrogens with one attached hydrogen (secondary N) is 1. The van der Waals surface area contributed by atoms with Gasteiger partial charge in [0.25, 0.3) is 0 Å². The molecule has 1 unspecified atom stereocenters. The summed E-state index contributed by atoms with van der Waals surface area (Å²) < 4.78 is 5.02. The standard InChI is InChI=1S/C38H25N3S/c1-2-10-24(11-3-1)25-18-20-26(21-19-25)35-31-14-4-7-15-32(31)39-38(40-35)41-33-16-8-5-12-27(33)29-22-23-30-28-13-6-9-17-34(28)42-37(30)36(29)41/h1-23,38-39H. The summed E-state index contributed by atoms with van der Waals surface area (Å²) >= 11 is 1.87. The first-order chi connectivity index (χ1) is 20.8. The monoisotopic (exact) mass is 555 g/mol. The zero-order valence-corrected chi connectivity index (χ0v) is 23.5. The molecule has 3 nitrogen and oxygen atoms in total. The van der Waals surface area contributed by atoms with E-state index in [1.54, 1.807) is 0 Å². The lowest BCUT2D eigenvalue weighted by molar-refractivity contribution is 0.626. The van der Waals surface area contributed by atoms with E-state index in [-0.39, 0.29) is 6.29 Å². The zero-order chi connectivity index (χ0) is 27.6. The number of aromatic nitrogens is 1. The highest BCUT2D eigenvalue weighted by atomic mass is 32.1. The average Bonchev–Trinajstić information content (AvgIpc) is 3.61. The Balaban J connectivity index is 1.29. The SMILES string of the molecule is c1ccc(-c2ccc(C3=NC(n4c5ccccc5c5ccc6c7ccccc7sc6c54)Nc4ccccc43)cc2)cc1. The topological polar surface area (TPSA) is 29.3 Å². The van der Waals surface area contributed by atoms with Gasteiger partial charge in [0.2, 0.25) is 6.29 Å². The molecule has 0 saturated carbocycles. The van der Waals surface area contributed by atoms with Crippen LogP contribution >= 0.6 is 11.3 Å². The van der Waals surface area contributed by atoms with E-state index in [2.05, 4.69) is 149 Å². The van der Waals surface area contributed by atoms with Crippen LogP contribution in [0.5, 0.6) is 0 Å². The van der Waals surface area contributed by atoms with E-state index in [1.165, 1.54) is 53.1 Å². The molecule has 42 heavy (non-hydrogen) atoms. The first-order valence-corrected chi connectivity index (χ1v) is 15.1. The molecule has 1 aliphatic rings. The Morgan fingerprint density at radius 2 is 1.21 bits per heavy atom. The van der Waals surface area contributed by atoms with Crippen molar-refractivity contribution in [2.75, 3.05) is 5.32 Å². The van der Waals surface area contributed by atoms with Crippen molar-refractivity contribution in [1.29, 1.82) is 0 Å². The Morgan fingerprint density at radius 3 is 2.10 bits per heavy atom. The molecule has 4 heteroatoms. The van der Waals surface area contributed by atoms with Gasteiger partial charge in [0, 0.05) is 43.1 Å². The summed E-state index contributed by atoms with van der Waals surface area (Å²) in [6, 6.07) is 49.9. The second kappa shape index (κ2) is 9.16. The summed E-state index contributed by atoms with van der Waals surface area (Å²) in [6.07, 6.45) is -0.304.